The van der Waals surface area contributed by atoms with Crippen molar-refractivity contribution in [2.24, 2.45) is 0 Å². The lowest BCUT2D eigenvalue weighted by Gasteiger charge is -2.40. The van der Waals surface area contributed by atoms with Crippen LogP contribution >= 0.6 is 0 Å². The largest absolute Gasteiger partial charge is 0.471 e. The molecule has 2 atom stereocenters. The van der Waals surface area contributed by atoms with Crippen LogP contribution in [0.15, 0.2) is 48.8 Å². The standard InChI is InChI=1S/C20H19F4N7O/c21-13-4-2-12(3-5-13)14-6-9-30(11-15(14)27-18(32)20(22,23)24)16-10-17(29-19(25)28-16)31-8-1-7-26-31/h1-5,7-8,10,14-15H,6,9,11H2,(H,27,32)(H2,25,28,29). The maximum absolute atomic E-state index is 13.3. The van der Waals surface area contributed by atoms with Crippen LogP contribution in [-0.2, 0) is 4.79 Å². The molecule has 168 valence electrons. The van der Waals surface area contributed by atoms with Gasteiger partial charge in [-0.3, -0.25) is 4.79 Å². The molecule has 2 unspecified atom stereocenters. The summed E-state index contributed by atoms with van der Waals surface area (Å²) in [4.78, 5) is 21.8. The van der Waals surface area contributed by atoms with Crippen LogP contribution in [-0.4, -0.2) is 51.0 Å². The number of nitrogens with two attached hydrogens (primary N) is 1. The third kappa shape index (κ3) is 4.63. The van der Waals surface area contributed by atoms with Gasteiger partial charge in [0, 0.05) is 37.5 Å². The first-order chi connectivity index (χ1) is 15.2. The number of amides is 1. The molecule has 1 aliphatic rings. The average molecular weight is 449 g/mol. The van der Waals surface area contributed by atoms with E-state index in [1.54, 1.807) is 29.4 Å². The van der Waals surface area contributed by atoms with Crippen LogP contribution in [0.4, 0.5) is 29.3 Å². The van der Waals surface area contributed by atoms with Crippen LogP contribution in [0, 0.1) is 5.82 Å². The number of nitrogen functional groups attached to an aromatic ring is 1. The molecule has 8 nitrogen and oxygen atoms in total. The van der Waals surface area contributed by atoms with E-state index in [0.717, 1.165) is 0 Å². The molecular weight excluding hydrogens is 430 g/mol. The number of anilines is 2. The third-order valence-electron chi connectivity index (χ3n) is 5.26. The van der Waals surface area contributed by atoms with Gasteiger partial charge in [0.15, 0.2) is 5.82 Å². The van der Waals surface area contributed by atoms with Crippen molar-refractivity contribution in [3.8, 4) is 5.82 Å². The van der Waals surface area contributed by atoms with Gasteiger partial charge in [-0.2, -0.15) is 28.2 Å². The minimum absolute atomic E-state index is 0.0236. The Kier molecular flexibility index (Phi) is 5.68. The molecular formula is C20H19F4N7O. The fraction of sp³-hybridized carbons (Fsp3) is 0.300. The summed E-state index contributed by atoms with van der Waals surface area (Å²) in [6.07, 6.45) is -1.40. The second-order valence-corrected chi connectivity index (χ2v) is 7.36. The molecule has 3 heterocycles. The quantitative estimate of drug-likeness (QED) is 0.594. The highest BCUT2D eigenvalue weighted by Gasteiger charge is 2.42. The van der Waals surface area contributed by atoms with Gasteiger partial charge in [-0.05, 0) is 30.2 Å². The van der Waals surface area contributed by atoms with Crippen LogP contribution in [0.5, 0.6) is 0 Å². The van der Waals surface area contributed by atoms with E-state index in [-0.39, 0.29) is 12.5 Å². The number of halogens is 4. The number of nitrogens with one attached hydrogen (secondary N) is 1. The van der Waals surface area contributed by atoms with E-state index < -0.39 is 29.9 Å². The molecule has 1 fully saturated rings. The van der Waals surface area contributed by atoms with Gasteiger partial charge in [0.25, 0.3) is 0 Å². The van der Waals surface area contributed by atoms with E-state index in [0.29, 0.717) is 30.2 Å². The lowest BCUT2D eigenvalue weighted by atomic mass is 9.85. The topological polar surface area (TPSA) is 102 Å². The monoisotopic (exact) mass is 449 g/mol. The number of carbonyl (C=O) groups is 1. The summed E-state index contributed by atoms with van der Waals surface area (Å²) in [6.45, 7) is 0.467. The number of hydrogen-bond acceptors (Lipinski definition) is 6. The lowest BCUT2D eigenvalue weighted by molar-refractivity contribution is -0.174. The highest BCUT2D eigenvalue weighted by Crippen LogP contribution is 2.32. The van der Waals surface area contributed by atoms with Crippen LogP contribution in [0.2, 0.25) is 0 Å². The Bertz CT molecular complexity index is 1090. The molecule has 4 rings (SSSR count). The average Bonchev–Trinajstić information content (AvgIpc) is 3.28. The Morgan fingerprint density at radius 3 is 2.53 bits per heavy atom. The number of carbonyl (C=O) groups excluding carboxylic acids is 1. The first kappa shape index (κ1) is 21.5. The van der Waals surface area contributed by atoms with Gasteiger partial charge in [0.2, 0.25) is 5.95 Å². The maximum atomic E-state index is 13.3. The van der Waals surface area contributed by atoms with Crippen LogP contribution in [0.3, 0.4) is 0 Å². The number of piperidine rings is 1. The molecule has 1 saturated heterocycles. The van der Waals surface area contributed by atoms with E-state index >= 15 is 0 Å². The number of alkyl halides is 3. The van der Waals surface area contributed by atoms with Crippen molar-refractivity contribution in [2.45, 2.75) is 24.6 Å². The maximum Gasteiger partial charge on any atom is 0.471 e. The van der Waals surface area contributed by atoms with Gasteiger partial charge in [0.05, 0.1) is 6.04 Å². The molecule has 0 bridgehead atoms. The Hall–Kier alpha value is -3.70. The molecule has 0 saturated carbocycles. The first-order valence-corrected chi connectivity index (χ1v) is 9.73. The van der Waals surface area contributed by atoms with E-state index in [2.05, 4.69) is 20.4 Å². The Labute approximate surface area is 180 Å². The van der Waals surface area contributed by atoms with Crippen molar-refractivity contribution in [1.82, 2.24) is 25.1 Å². The minimum atomic E-state index is -5.03. The van der Waals surface area contributed by atoms with Crippen molar-refractivity contribution < 1.29 is 22.4 Å². The SMILES string of the molecule is Nc1nc(N2CCC(c3ccc(F)cc3)C(NC(=O)C(F)(F)F)C2)cc(-n2cccn2)n1. The molecule has 32 heavy (non-hydrogen) atoms. The molecule has 0 radical (unpaired) electrons. The molecule has 1 aliphatic heterocycles. The molecule has 2 aromatic heterocycles. The fourth-order valence-electron chi connectivity index (χ4n) is 3.79. The van der Waals surface area contributed by atoms with Gasteiger partial charge in [-0.15, -0.1) is 0 Å². The molecule has 3 N–H and O–H groups in total. The summed E-state index contributed by atoms with van der Waals surface area (Å²) in [5.74, 6) is -2.16. The molecule has 3 aromatic rings. The summed E-state index contributed by atoms with van der Waals surface area (Å²) < 4.78 is 53.7. The van der Waals surface area contributed by atoms with Gasteiger partial charge in [0.1, 0.15) is 11.6 Å². The van der Waals surface area contributed by atoms with E-state index in [1.165, 1.54) is 28.9 Å². The number of benzene rings is 1. The third-order valence-corrected chi connectivity index (χ3v) is 5.26. The van der Waals surface area contributed by atoms with Crippen molar-refractivity contribution in [3.05, 3.63) is 60.2 Å². The van der Waals surface area contributed by atoms with Crippen molar-refractivity contribution in [2.75, 3.05) is 23.7 Å². The lowest BCUT2D eigenvalue weighted by Crippen LogP contribution is -2.54. The van der Waals surface area contributed by atoms with E-state index in [1.807, 2.05) is 0 Å². The summed E-state index contributed by atoms with van der Waals surface area (Å²) >= 11 is 0. The van der Waals surface area contributed by atoms with Gasteiger partial charge < -0.3 is 16.0 Å². The molecule has 1 amide bonds. The predicted molar refractivity (Wildman–Crippen MR) is 108 cm³/mol. The summed E-state index contributed by atoms with van der Waals surface area (Å²) in [5.41, 5.74) is 6.47. The second-order valence-electron chi connectivity index (χ2n) is 7.36. The molecule has 0 aliphatic carbocycles. The number of rotatable bonds is 4. The Morgan fingerprint density at radius 1 is 1.16 bits per heavy atom. The first-order valence-electron chi connectivity index (χ1n) is 9.73. The Morgan fingerprint density at radius 2 is 1.88 bits per heavy atom. The fourth-order valence-corrected chi connectivity index (χ4v) is 3.79. The van der Waals surface area contributed by atoms with Crippen molar-refractivity contribution in [1.29, 1.82) is 0 Å². The van der Waals surface area contributed by atoms with Gasteiger partial charge >= 0.3 is 12.1 Å². The predicted octanol–water partition coefficient (Wildman–Crippen LogP) is 2.42. The minimum Gasteiger partial charge on any atom is -0.368 e. The van der Waals surface area contributed by atoms with Crippen LogP contribution < -0.4 is 16.0 Å². The van der Waals surface area contributed by atoms with Crippen molar-refractivity contribution in [3.63, 3.8) is 0 Å². The number of hydrogen-bond donors (Lipinski definition) is 2. The summed E-state index contributed by atoms with van der Waals surface area (Å²) in [7, 11) is 0. The van der Waals surface area contributed by atoms with E-state index in [4.69, 9.17) is 5.73 Å². The van der Waals surface area contributed by atoms with Crippen LogP contribution in [0.1, 0.15) is 17.9 Å². The molecule has 1 aromatic carbocycles. The van der Waals surface area contributed by atoms with Gasteiger partial charge in [-0.1, -0.05) is 12.1 Å². The molecule has 12 heteroatoms. The van der Waals surface area contributed by atoms with Crippen molar-refractivity contribution >= 4 is 17.7 Å². The smallest absolute Gasteiger partial charge is 0.368 e. The summed E-state index contributed by atoms with van der Waals surface area (Å²) in [5, 5.41) is 6.18. The Balaban J connectivity index is 1.63. The normalized spacial score (nSPS) is 19.1. The zero-order valence-electron chi connectivity index (χ0n) is 16.6. The zero-order chi connectivity index (χ0) is 22.9. The number of aromatic nitrogens is 4. The highest BCUT2D eigenvalue weighted by molar-refractivity contribution is 5.82. The van der Waals surface area contributed by atoms with Gasteiger partial charge in [-0.25, -0.2) is 9.07 Å². The summed E-state index contributed by atoms with van der Waals surface area (Å²) in [6, 6.07) is 7.94. The van der Waals surface area contributed by atoms with Crippen LogP contribution in [0.25, 0.3) is 5.82 Å². The second kappa shape index (κ2) is 8.44. The zero-order valence-corrected chi connectivity index (χ0v) is 16.6. The highest BCUT2D eigenvalue weighted by atomic mass is 19.4. The molecule has 0 spiro atoms. The number of nitrogens with zero attached hydrogens (tertiary/aromatic N) is 5. The van der Waals surface area contributed by atoms with E-state index in [9.17, 15) is 22.4 Å².